The van der Waals surface area contributed by atoms with Crippen LogP contribution in [0, 0.1) is 11.3 Å². The van der Waals surface area contributed by atoms with Crippen molar-refractivity contribution in [3.8, 4) is 6.07 Å². The first-order valence-electron chi connectivity index (χ1n) is 4.48. The van der Waals surface area contributed by atoms with Gasteiger partial charge in [0.05, 0.1) is 5.57 Å². The van der Waals surface area contributed by atoms with Gasteiger partial charge in [0.15, 0.2) is 0 Å². The summed E-state index contributed by atoms with van der Waals surface area (Å²) in [5.41, 5.74) is 1.61. The third-order valence-electron chi connectivity index (χ3n) is 1.76. The minimum atomic E-state index is 0.546. The van der Waals surface area contributed by atoms with Crippen molar-refractivity contribution in [2.45, 2.75) is 20.8 Å². The average Bonchev–Trinajstić information content (AvgIpc) is 2.23. The summed E-state index contributed by atoms with van der Waals surface area (Å²) in [4.78, 5) is 1.89. The van der Waals surface area contributed by atoms with Crippen LogP contribution < -0.4 is 0 Å². The Morgan fingerprint density at radius 1 is 1.43 bits per heavy atom. The fourth-order valence-electron chi connectivity index (χ4n) is 0.849. The molecule has 0 aromatic carbocycles. The fourth-order valence-corrected chi connectivity index (χ4v) is 0.849. The smallest absolute Gasteiger partial charge is 0.101 e. The van der Waals surface area contributed by atoms with E-state index in [-0.39, 0.29) is 0 Å². The molecule has 0 saturated heterocycles. The molecule has 0 aromatic rings. The van der Waals surface area contributed by atoms with Crippen LogP contribution in [0.2, 0.25) is 0 Å². The number of hydrogen-bond acceptors (Lipinski definition) is 2. The molecule has 0 saturated carbocycles. The van der Waals surface area contributed by atoms with Crippen molar-refractivity contribution in [2.75, 3.05) is 0 Å². The van der Waals surface area contributed by atoms with Crippen LogP contribution in [0.15, 0.2) is 48.5 Å². The molecule has 0 unspecified atom stereocenters. The van der Waals surface area contributed by atoms with E-state index in [9.17, 15) is 0 Å². The zero-order valence-electron chi connectivity index (χ0n) is 8.99. The molecule has 0 spiro atoms. The highest BCUT2D eigenvalue weighted by atomic mass is 15.1. The molecule has 0 aliphatic carbocycles. The summed E-state index contributed by atoms with van der Waals surface area (Å²) in [6.45, 7) is 9.44. The number of rotatable bonds is 4. The summed E-state index contributed by atoms with van der Waals surface area (Å²) < 4.78 is 0. The van der Waals surface area contributed by atoms with Crippen LogP contribution >= 0.6 is 0 Å². The van der Waals surface area contributed by atoms with E-state index in [1.807, 2.05) is 44.0 Å². The lowest BCUT2D eigenvalue weighted by molar-refractivity contribution is 0.624. The summed E-state index contributed by atoms with van der Waals surface area (Å²) in [5.74, 6) is 0. The topological polar surface area (TPSA) is 27.0 Å². The minimum absolute atomic E-state index is 0.546. The van der Waals surface area contributed by atoms with E-state index < -0.39 is 0 Å². The van der Waals surface area contributed by atoms with Gasteiger partial charge in [-0.1, -0.05) is 24.8 Å². The van der Waals surface area contributed by atoms with Gasteiger partial charge in [-0.3, -0.25) is 0 Å². The summed E-state index contributed by atoms with van der Waals surface area (Å²) in [6, 6.07) is 2.06. The lowest BCUT2D eigenvalue weighted by Crippen LogP contribution is -2.06. The van der Waals surface area contributed by atoms with Crippen molar-refractivity contribution < 1.29 is 0 Å². The van der Waals surface area contributed by atoms with E-state index in [0.717, 1.165) is 5.70 Å². The fraction of sp³-hybridized carbons (Fsp3) is 0.250. The first-order chi connectivity index (χ1) is 6.69. The van der Waals surface area contributed by atoms with E-state index in [1.54, 1.807) is 12.3 Å². The van der Waals surface area contributed by atoms with Gasteiger partial charge < -0.3 is 4.90 Å². The van der Waals surface area contributed by atoms with Crippen LogP contribution in [0.3, 0.4) is 0 Å². The SMILES string of the molecule is C=CC(C#N)=CN(C=CC)C(C)=CC. The van der Waals surface area contributed by atoms with Crippen LogP contribution in [0.5, 0.6) is 0 Å². The van der Waals surface area contributed by atoms with E-state index in [1.165, 1.54) is 0 Å². The molecule has 0 aliphatic heterocycles. The molecule has 0 aromatic heterocycles. The Kier molecular flexibility index (Phi) is 5.89. The third-order valence-corrected chi connectivity index (χ3v) is 1.76. The van der Waals surface area contributed by atoms with Gasteiger partial charge in [0, 0.05) is 18.1 Å². The molecular weight excluding hydrogens is 172 g/mol. The molecule has 2 nitrogen and oxygen atoms in total. The van der Waals surface area contributed by atoms with Crippen molar-refractivity contribution in [1.29, 1.82) is 5.26 Å². The maximum atomic E-state index is 8.74. The van der Waals surface area contributed by atoms with Crippen molar-refractivity contribution in [2.24, 2.45) is 0 Å². The van der Waals surface area contributed by atoms with E-state index in [4.69, 9.17) is 5.26 Å². The van der Waals surface area contributed by atoms with Crippen LogP contribution in [0.25, 0.3) is 0 Å². The average molecular weight is 188 g/mol. The summed E-state index contributed by atoms with van der Waals surface area (Å²) in [7, 11) is 0. The summed E-state index contributed by atoms with van der Waals surface area (Å²) in [6.07, 6.45) is 9.09. The molecule has 0 radical (unpaired) electrons. The highest BCUT2D eigenvalue weighted by Crippen LogP contribution is 2.08. The number of nitrogens with zero attached hydrogens (tertiary/aromatic N) is 2. The predicted molar refractivity (Wildman–Crippen MR) is 60.0 cm³/mol. The Hall–Kier alpha value is -1.75. The highest BCUT2D eigenvalue weighted by Gasteiger charge is 1.97. The van der Waals surface area contributed by atoms with Gasteiger partial charge in [0.25, 0.3) is 0 Å². The molecule has 0 rings (SSSR count). The predicted octanol–water partition coefficient (Wildman–Crippen LogP) is 3.34. The molecular formula is C12H16N2. The highest BCUT2D eigenvalue weighted by molar-refractivity contribution is 5.32. The van der Waals surface area contributed by atoms with Crippen molar-refractivity contribution >= 4 is 0 Å². The van der Waals surface area contributed by atoms with Gasteiger partial charge >= 0.3 is 0 Å². The standard InChI is InChI=1S/C12H16N2/c1-5-8-14(11(4)6-2)10-12(7-3)9-13/h5-8,10H,3H2,1-2,4H3. The molecule has 0 fully saturated rings. The van der Waals surface area contributed by atoms with Crippen molar-refractivity contribution in [3.05, 3.63) is 48.5 Å². The summed E-state index contributed by atoms with van der Waals surface area (Å²) in [5, 5.41) is 8.74. The maximum Gasteiger partial charge on any atom is 0.101 e. The Labute approximate surface area is 86.1 Å². The normalized spacial score (nSPS) is 12.7. The monoisotopic (exact) mass is 188 g/mol. The molecule has 74 valence electrons. The Balaban J connectivity index is 4.96. The Morgan fingerprint density at radius 2 is 2.07 bits per heavy atom. The minimum Gasteiger partial charge on any atom is -0.327 e. The molecule has 0 N–H and O–H groups in total. The Morgan fingerprint density at radius 3 is 2.43 bits per heavy atom. The van der Waals surface area contributed by atoms with Crippen LogP contribution in [-0.4, -0.2) is 4.90 Å². The summed E-state index contributed by atoms with van der Waals surface area (Å²) >= 11 is 0. The zero-order chi connectivity index (χ0) is 11.0. The van der Waals surface area contributed by atoms with Crippen LogP contribution in [0.4, 0.5) is 0 Å². The second-order valence-corrected chi connectivity index (χ2v) is 2.72. The molecule has 0 heterocycles. The van der Waals surface area contributed by atoms with Gasteiger partial charge in [-0.15, -0.1) is 0 Å². The van der Waals surface area contributed by atoms with Gasteiger partial charge in [0.1, 0.15) is 6.07 Å². The lowest BCUT2D eigenvalue weighted by Gasteiger charge is -2.15. The molecule has 14 heavy (non-hydrogen) atoms. The number of nitriles is 1. The van der Waals surface area contributed by atoms with E-state index in [2.05, 4.69) is 12.6 Å². The van der Waals surface area contributed by atoms with Gasteiger partial charge in [-0.05, 0) is 20.8 Å². The molecule has 0 atom stereocenters. The van der Waals surface area contributed by atoms with Gasteiger partial charge in [-0.25, -0.2) is 0 Å². The lowest BCUT2D eigenvalue weighted by atomic mass is 10.3. The molecule has 0 bridgehead atoms. The molecule has 0 amide bonds. The van der Waals surface area contributed by atoms with Crippen LogP contribution in [-0.2, 0) is 0 Å². The quantitative estimate of drug-likeness (QED) is 0.499. The second kappa shape index (κ2) is 6.73. The van der Waals surface area contributed by atoms with E-state index >= 15 is 0 Å². The number of allylic oxidation sites excluding steroid dienone is 5. The van der Waals surface area contributed by atoms with Gasteiger partial charge in [-0.2, -0.15) is 5.26 Å². The second-order valence-electron chi connectivity index (χ2n) is 2.72. The largest absolute Gasteiger partial charge is 0.327 e. The maximum absolute atomic E-state index is 8.74. The third kappa shape index (κ3) is 3.77. The van der Waals surface area contributed by atoms with Crippen LogP contribution in [0.1, 0.15) is 20.8 Å². The zero-order valence-corrected chi connectivity index (χ0v) is 8.99. The number of hydrogen-bond donors (Lipinski definition) is 0. The Bertz CT molecular complexity index is 314. The van der Waals surface area contributed by atoms with Gasteiger partial charge in [0.2, 0.25) is 0 Å². The first kappa shape index (κ1) is 12.2. The van der Waals surface area contributed by atoms with Crippen molar-refractivity contribution in [3.63, 3.8) is 0 Å². The van der Waals surface area contributed by atoms with Crippen molar-refractivity contribution in [1.82, 2.24) is 4.90 Å². The first-order valence-corrected chi connectivity index (χ1v) is 4.48. The molecule has 2 heteroatoms. The van der Waals surface area contributed by atoms with E-state index in [0.29, 0.717) is 5.57 Å². The molecule has 0 aliphatic rings.